The Morgan fingerprint density at radius 3 is 2.79 bits per heavy atom. The smallest absolute Gasteiger partial charge is 0.273 e. The van der Waals surface area contributed by atoms with E-state index in [0.29, 0.717) is 16.4 Å². The van der Waals surface area contributed by atoms with E-state index in [2.05, 4.69) is 20.2 Å². The Balaban J connectivity index is 1.54. The Hall–Kier alpha value is -2.53. The molecule has 1 amide bonds. The monoisotopic (exact) mass is 423 g/mol. The normalized spacial score (nSPS) is 14.4. The maximum atomic E-state index is 13.7. The molecular weight excluding hydrogens is 408 g/mol. The molecule has 1 aliphatic rings. The van der Waals surface area contributed by atoms with Crippen LogP contribution in [0.5, 0.6) is 0 Å². The predicted octanol–water partition coefficient (Wildman–Crippen LogP) is 2.32. The van der Waals surface area contributed by atoms with Crippen molar-refractivity contribution in [1.29, 1.82) is 0 Å². The molecule has 1 fully saturated rings. The first-order chi connectivity index (χ1) is 13.5. The van der Waals surface area contributed by atoms with Gasteiger partial charge in [-0.2, -0.15) is 16.7 Å². The highest BCUT2D eigenvalue weighted by Gasteiger charge is 2.18. The Bertz CT molecular complexity index is 1090. The number of hydrogen-bond donors (Lipinski definition) is 1. The van der Waals surface area contributed by atoms with Crippen LogP contribution < -0.4 is 15.8 Å². The summed E-state index contributed by atoms with van der Waals surface area (Å²) in [6.45, 7) is 1.39. The SMILES string of the molecule is O=C(Cn1cnc2nc(N3CCSCC3)sc2c1=O)Nc1ccc(F)cc1F. The second-order valence-electron chi connectivity index (χ2n) is 6.10. The molecule has 1 N–H and O–H groups in total. The van der Waals surface area contributed by atoms with E-state index < -0.39 is 17.5 Å². The molecule has 0 atom stereocenters. The molecule has 146 valence electrons. The van der Waals surface area contributed by atoms with Crippen LogP contribution in [0.25, 0.3) is 10.3 Å². The van der Waals surface area contributed by atoms with Gasteiger partial charge in [-0.25, -0.2) is 13.8 Å². The fraction of sp³-hybridized carbons (Fsp3) is 0.294. The van der Waals surface area contributed by atoms with Crippen LogP contribution in [0.1, 0.15) is 0 Å². The van der Waals surface area contributed by atoms with E-state index >= 15 is 0 Å². The number of amides is 1. The molecule has 0 bridgehead atoms. The van der Waals surface area contributed by atoms with Gasteiger partial charge in [0, 0.05) is 30.7 Å². The summed E-state index contributed by atoms with van der Waals surface area (Å²) in [7, 11) is 0. The van der Waals surface area contributed by atoms with Crippen molar-refractivity contribution in [3.63, 3.8) is 0 Å². The lowest BCUT2D eigenvalue weighted by molar-refractivity contribution is -0.116. The molecule has 0 radical (unpaired) electrons. The summed E-state index contributed by atoms with van der Waals surface area (Å²) in [6.07, 6.45) is 1.25. The summed E-state index contributed by atoms with van der Waals surface area (Å²) in [6, 6.07) is 2.84. The fourth-order valence-corrected chi connectivity index (χ4v) is 4.70. The molecule has 0 saturated carbocycles. The van der Waals surface area contributed by atoms with Crippen molar-refractivity contribution in [1.82, 2.24) is 14.5 Å². The molecule has 1 aromatic carbocycles. The van der Waals surface area contributed by atoms with Crippen molar-refractivity contribution in [2.45, 2.75) is 6.54 Å². The van der Waals surface area contributed by atoms with Crippen molar-refractivity contribution >= 4 is 50.2 Å². The molecule has 0 unspecified atom stereocenters. The van der Waals surface area contributed by atoms with Gasteiger partial charge < -0.3 is 10.2 Å². The second-order valence-corrected chi connectivity index (χ2v) is 8.30. The number of carbonyl (C=O) groups is 1. The lowest BCUT2D eigenvalue weighted by Gasteiger charge is -2.25. The summed E-state index contributed by atoms with van der Waals surface area (Å²) >= 11 is 3.13. The Kier molecular flexibility index (Phi) is 5.27. The standard InChI is InChI=1S/C17H15F2N5O2S2/c18-10-1-2-12(11(19)7-10)21-13(25)8-24-9-20-15-14(16(24)26)28-17(22-15)23-3-5-27-6-4-23/h1-2,7,9H,3-6,8H2,(H,21,25). The Morgan fingerprint density at radius 1 is 1.25 bits per heavy atom. The molecule has 1 saturated heterocycles. The zero-order valence-corrected chi connectivity index (χ0v) is 16.2. The second kappa shape index (κ2) is 7.84. The predicted molar refractivity (Wildman–Crippen MR) is 106 cm³/mol. The van der Waals surface area contributed by atoms with Crippen LogP contribution >= 0.6 is 23.1 Å². The molecule has 3 aromatic rings. The van der Waals surface area contributed by atoms with Gasteiger partial charge in [0.25, 0.3) is 5.56 Å². The van der Waals surface area contributed by atoms with Crippen LogP contribution in [0, 0.1) is 11.6 Å². The summed E-state index contributed by atoms with van der Waals surface area (Å²) in [5, 5.41) is 3.07. The minimum Gasteiger partial charge on any atom is -0.346 e. The van der Waals surface area contributed by atoms with Gasteiger partial charge in [-0.1, -0.05) is 11.3 Å². The minimum absolute atomic E-state index is 0.156. The molecule has 0 aliphatic carbocycles. The van der Waals surface area contributed by atoms with E-state index in [4.69, 9.17) is 0 Å². The molecule has 28 heavy (non-hydrogen) atoms. The first-order valence-corrected chi connectivity index (χ1v) is 10.4. The van der Waals surface area contributed by atoms with E-state index in [-0.39, 0.29) is 17.8 Å². The molecule has 11 heteroatoms. The number of anilines is 2. The van der Waals surface area contributed by atoms with Crippen LogP contribution in [0.4, 0.5) is 19.6 Å². The van der Waals surface area contributed by atoms with E-state index in [9.17, 15) is 18.4 Å². The molecule has 4 rings (SSSR count). The topological polar surface area (TPSA) is 80.1 Å². The molecule has 2 aromatic heterocycles. The van der Waals surface area contributed by atoms with Gasteiger partial charge >= 0.3 is 0 Å². The molecule has 0 spiro atoms. The summed E-state index contributed by atoms with van der Waals surface area (Å²) in [4.78, 5) is 35.6. The average Bonchev–Trinajstić information content (AvgIpc) is 3.12. The highest BCUT2D eigenvalue weighted by Crippen LogP contribution is 2.27. The van der Waals surface area contributed by atoms with E-state index in [1.165, 1.54) is 17.7 Å². The number of halogens is 2. The maximum absolute atomic E-state index is 13.7. The van der Waals surface area contributed by atoms with Gasteiger partial charge in [-0.3, -0.25) is 14.2 Å². The summed E-state index contributed by atoms with van der Waals surface area (Å²) in [5.41, 5.74) is -0.184. The largest absolute Gasteiger partial charge is 0.346 e. The quantitative estimate of drug-likeness (QED) is 0.694. The zero-order valence-electron chi connectivity index (χ0n) is 14.5. The van der Waals surface area contributed by atoms with E-state index in [1.54, 1.807) is 0 Å². The van der Waals surface area contributed by atoms with Crippen LogP contribution in [0.15, 0.2) is 29.3 Å². The van der Waals surface area contributed by atoms with Crippen molar-refractivity contribution < 1.29 is 13.6 Å². The molecular formula is C17H15F2N5O2S2. The fourth-order valence-electron chi connectivity index (χ4n) is 2.77. The summed E-state index contributed by atoms with van der Waals surface area (Å²) in [5.74, 6) is -0.233. The van der Waals surface area contributed by atoms with Crippen molar-refractivity contribution in [2.75, 3.05) is 34.8 Å². The van der Waals surface area contributed by atoms with Crippen molar-refractivity contribution in [2.24, 2.45) is 0 Å². The number of carbonyl (C=O) groups excluding carboxylic acids is 1. The number of thiazole rings is 1. The molecule has 1 aliphatic heterocycles. The molecule has 3 heterocycles. The van der Waals surface area contributed by atoms with Gasteiger partial charge in [-0.05, 0) is 12.1 Å². The van der Waals surface area contributed by atoms with Gasteiger partial charge in [0.1, 0.15) is 29.2 Å². The van der Waals surface area contributed by atoms with Gasteiger partial charge in [0.15, 0.2) is 10.8 Å². The third kappa shape index (κ3) is 3.85. The number of aromatic nitrogens is 3. The van der Waals surface area contributed by atoms with Gasteiger partial charge in [0.2, 0.25) is 5.91 Å². The number of fused-ring (bicyclic) bond motifs is 1. The lowest BCUT2D eigenvalue weighted by atomic mass is 10.3. The first kappa shape index (κ1) is 18.8. The van der Waals surface area contributed by atoms with Crippen LogP contribution in [-0.4, -0.2) is 45.0 Å². The van der Waals surface area contributed by atoms with E-state index in [0.717, 1.165) is 46.4 Å². The molecule has 7 nitrogen and oxygen atoms in total. The average molecular weight is 423 g/mol. The number of hydrogen-bond acceptors (Lipinski definition) is 7. The number of nitrogens with zero attached hydrogens (tertiary/aromatic N) is 4. The van der Waals surface area contributed by atoms with Crippen LogP contribution in [0.3, 0.4) is 0 Å². The van der Waals surface area contributed by atoms with E-state index in [1.807, 2.05) is 11.8 Å². The number of rotatable bonds is 4. The Morgan fingerprint density at radius 2 is 2.04 bits per heavy atom. The highest BCUT2D eigenvalue weighted by atomic mass is 32.2. The third-order valence-electron chi connectivity index (χ3n) is 4.17. The highest BCUT2D eigenvalue weighted by molar-refractivity contribution is 7.99. The number of thioether (sulfide) groups is 1. The summed E-state index contributed by atoms with van der Waals surface area (Å²) < 4.78 is 28.1. The third-order valence-corrected chi connectivity index (χ3v) is 6.21. The number of nitrogens with one attached hydrogen (secondary N) is 1. The zero-order chi connectivity index (χ0) is 19.7. The van der Waals surface area contributed by atoms with Crippen molar-refractivity contribution in [3.8, 4) is 0 Å². The van der Waals surface area contributed by atoms with Crippen LogP contribution in [0.2, 0.25) is 0 Å². The number of benzene rings is 1. The first-order valence-electron chi connectivity index (χ1n) is 8.45. The Labute approximate surface area is 166 Å². The van der Waals surface area contributed by atoms with Gasteiger partial charge in [0.05, 0.1) is 5.69 Å². The minimum atomic E-state index is -0.888. The lowest BCUT2D eigenvalue weighted by Crippen LogP contribution is -2.32. The van der Waals surface area contributed by atoms with Crippen molar-refractivity contribution in [3.05, 3.63) is 46.5 Å². The van der Waals surface area contributed by atoms with Gasteiger partial charge in [-0.15, -0.1) is 0 Å². The van der Waals surface area contributed by atoms with Crippen LogP contribution in [-0.2, 0) is 11.3 Å². The maximum Gasteiger partial charge on any atom is 0.273 e.